The van der Waals surface area contributed by atoms with Gasteiger partial charge in [-0.15, -0.1) is 0 Å². The Morgan fingerprint density at radius 3 is 2.61 bits per heavy atom. The molecule has 0 radical (unpaired) electrons. The van der Waals surface area contributed by atoms with E-state index >= 15 is 0 Å². The highest BCUT2D eigenvalue weighted by atomic mass is 16.5. The maximum absolute atomic E-state index is 9.72. The van der Waals surface area contributed by atoms with Gasteiger partial charge in [-0.25, -0.2) is 19.9 Å². The fourth-order valence-electron chi connectivity index (χ4n) is 4.45. The van der Waals surface area contributed by atoms with E-state index in [1.165, 1.54) is 0 Å². The average molecular weight is 421 g/mol. The molecule has 8 nitrogen and oxygen atoms in total. The Morgan fingerprint density at radius 2 is 1.84 bits per heavy atom. The van der Waals surface area contributed by atoms with Gasteiger partial charge in [0.05, 0.1) is 6.10 Å². The quantitative estimate of drug-likeness (QED) is 0.650. The van der Waals surface area contributed by atoms with Crippen LogP contribution in [0.4, 0.5) is 11.8 Å². The SMILES string of the molecule is O[C@H]1CC[C@H](Nc2ncc3cccc(OC4CCN(c5ccncn5)CC4)c3n2)CC1. The number of anilines is 2. The van der Waals surface area contributed by atoms with Crippen LogP contribution in [0, 0.1) is 0 Å². The van der Waals surface area contributed by atoms with Gasteiger partial charge < -0.3 is 20.1 Å². The molecule has 0 atom stereocenters. The van der Waals surface area contributed by atoms with Crippen LogP contribution in [0.5, 0.6) is 5.75 Å². The van der Waals surface area contributed by atoms with Crippen LogP contribution in [0.2, 0.25) is 0 Å². The van der Waals surface area contributed by atoms with Crippen LogP contribution >= 0.6 is 0 Å². The fraction of sp³-hybridized carbons (Fsp3) is 0.478. The summed E-state index contributed by atoms with van der Waals surface area (Å²) >= 11 is 0. The summed E-state index contributed by atoms with van der Waals surface area (Å²) in [5.41, 5.74) is 0.842. The summed E-state index contributed by atoms with van der Waals surface area (Å²) in [5.74, 6) is 2.41. The second-order valence-electron chi connectivity index (χ2n) is 8.41. The Morgan fingerprint density at radius 1 is 1.00 bits per heavy atom. The fourth-order valence-corrected chi connectivity index (χ4v) is 4.45. The minimum Gasteiger partial charge on any atom is -0.488 e. The maximum atomic E-state index is 9.72. The molecule has 1 aliphatic heterocycles. The van der Waals surface area contributed by atoms with Crippen LogP contribution in [0.1, 0.15) is 38.5 Å². The highest BCUT2D eigenvalue weighted by Gasteiger charge is 2.23. The molecule has 2 N–H and O–H groups in total. The van der Waals surface area contributed by atoms with Crippen molar-refractivity contribution in [1.29, 1.82) is 0 Å². The van der Waals surface area contributed by atoms with E-state index in [9.17, 15) is 5.11 Å². The third-order valence-electron chi connectivity index (χ3n) is 6.23. The van der Waals surface area contributed by atoms with E-state index in [0.717, 1.165) is 74.1 Å². The Kier molecular flexibility index (Phi) is 5.80. The first kappa shape index (κ1) is 19.9. The molecule has 1 saturated carbocycles. The van der Waals surface area contributed by atoms with Gasteiger partial charge in [-0.1, -0.05) is 12.1 Å². The van der Waals surface area contributed by atoms with E-state index in [2.05, 4.69) is 25.2 Å². The number of aliphatic hydroxyl groups is 1. The molecule has 0 spiro atoms. The predicted octanol–water partition coefficient (Wildman–Crippen LogP) is 3.18. The number of aromatic nitrogens is 4. The van der Waals surface area contributed by atoms with Crippen LogP contribution in [0.3, 0.4) is 0 Å². The van der Waals surface area contributed by atoms with Gasteiger partial charge in [0, 0.05) is 49.8 Å². The third kappa shape index (κ3) is 4.69. The average Bonchev–Trinajstić information content (AvgIpc) is 2.82. The Bertz CT molecular complexity index is 1000. The lowest BCUT2D eigenvalue weighted by Crippen LogP contribution is -2.38. The number of piperidine rings is 1. The summed E-state index contributed by atoms with van der Waals surface area (Å²) < 4.78 is 6.40. The van der Waals surface area contributed by atoms with Crippen molar-refractivity contribution < 1.29 is 9.84 Å². The van der Waals surface area contributed by atoms with E-state index in [1.54, 1.807) is 12.5 Å². The zero-order chi connectivity index (χ0) is 21.0. The third-order valence-corrected chi connectivity index (χ3v) is 6.23. The number of nitrogens with zero attached hydrogens (tertiary/aromatic N) is 5. The molecule has 8 heteroatoms. The number of hydrogen-bond donors (Lipinski definition) is 2. The molecular formula is C23H28N6O2. The topological polar surface area (TPSA) is 96.3 Å². The van der Waals surface area contributed by atoms with Gasteiger partial charge in [0.1, 0.15) is 29.5 Å². The molecule has 2 fully saturated rings. The van der Waals surface area contributed by atoms with Crippen molar-refractivity contribution in [2.45, 2.75) is 56.8 Å². The molecule has 31 heavy (non-hydrogen) atoms. The molecule has 0 bridgehead atoms. The van der Waals surface area contributed by atoms with E-state index in [-0.39, 0.29) is 12.2 Å². The van der Waals surface area contributed by atoms with Gasteiger partial charge in [0.25, 0.3) is 0 Å². The standard InChI is InChI=1S/C23H28N6O2/c30-18-6-4-17(5-7-18)27-23-25-14-16-2-1-3-20(22(16)28-23)31-19-9-12-29(13-10-19)21-8-11-24-15-26-21/h1-3,8,11,14-15,17-19,30H,4-7,9-10,12-13H2,(H,25,27,28)/t17-,18-. The number of aliphatic hydroxyl groups excluding tert-OH is 1. The Balaban J connectivity index is 1.26. The summed E-state index contributed by atoms with van der Waals surface area (Å²) in [7, 11) is 0. The van der Waals surface area contributed by atoms with Crippen molar-refractivity contribution in [1.82, 2.24) is 19.9 Å². The highest BCUT2D eigenvalue weighted by molar-refractivity contribution is 5.84. The van der Waals surface area contributed by atoms with Gasteiger partial charge in [-0.3, -0.25) is 0 Å². The summed E-state index contributed by atoms with van der Waals surface area (Å²) in [6, 6.07) is 8.25. The number of benzene rings is 1. The molecule has 1 aliphatic carbocycles. The molecule has 0 unspecified atom stereocenters. The number of ether oxygens (including phenoxy) is 1. The van der Waals surface area contributed by atoms with Crippen LogP contribution in [-0.4, -0.2) is 56.4 Å². The minimum absolute atomic E-state index is 0.148. The molecular weight excluding hydrogens is 392 g/mol. The highest BCUT2D eigenvalue weighted by Crippen LogP contribution is 2.29. The first-order valence-corrected chi connectivity index (χ1v) is 11.1. The molecule has 1 aromatic carbocycles. The smallest absolute Gasteiger partial charge is 0.223 e. The second kappa shape index (κ2) is 9.01. The normalized spacial score (nSPS) is 22.4. The van der Waals surface area contributed by atoms with Gasteiger partial charge in [-0.05, 0) is 37.8 Å². The molecule has 2 aromatic heterocycles. The molecule has 1 saturated heterocycles. The summed E-state index contributed by atoms with van der Waals surface area (Å²) in [5, 5.41) is 14.1. The van der Waals surface area contributed by atoms with Gasteiger partial charge in [0.2, 0.25) is 5.95 Å². The molecule has 2 aliphatic rings. The molecule has 3 heterocycles. The predicted molar refractivity (Wildman–Crippen MR) is 119 cm³/mol. The van der Waals surface area contributed by atoms with Gasteiger partial charge in [0.15, 0.2) is 0 Å². The lowest BCUT2D eigenvalue weighted by molar-refractivity contribution is 0.126. The Hall–Kier alpha value is -3.00. The van der Waals surface area contributed by atoms with E-state index in [4.69, 9.17) is 9.72 Å². The largest absolute Gasteiger partial charge is 0.488 e. The summed E-state index contributed by atoms with van der Waals surface area (Å²) in [6.07, 6.45) is 10.6. The van der Waals surface area contributed by atoms with Crippen LogP contribution in [-0.2, 0) is 0 Å². The lowest BCUT2D eigenvalue weighted by Gasteiger charge is -2.32. The van der Waals surface area contributed by atoms with Crippen molar-refractivity contribution in [3.63, 3.8) is 0 Å². The number of fused-ring (bicyclic) bond motifs is 1. The molecule has 0 amide bonds. The first-order chi connectivity index (χ1) is 15.2. The molecule has 162 valence electrons. The first-order valence-electron chi connectivity index (χ1n) is 11.1. The number of para-hydroxylation sites is 1. The zero-order valence-corrected chi connectivity index (χ0v) is 17.5. The van der Waals surface area contributed by atoms with E-state index in [1.807, 2.05) is 30.5 Å². The van der Waals surface area contributed by atoms with Crippen LogP contribution < -0.4 is 15.0 Å². The van der Waals surface area contributed by atoms with Crippen molar-refractivity contribution >= 4 is 22.7 Å². The molecule has 3 aromatic rings. The Labute approximate surface area is 181 Å². The number of hydrogen-bond acceptors (Lipinski definition) is 8. The van der Waals surface area contributed by atoms with Crippen molar-refractivity contribution in [3.8, 4) is 5.75 Å². The van der Waals surface area contributed by atoms with E-state index in [0.29, 0.717) is 12.0 Å². The van der Waals surface area contributed by atoms with Crippen molar-refractivity contribution in [2.75, 3.05) is 23.3 Å². The molecule has 5 rings (SSSR count). The van der Waals surface area contributed by atoms with Crippen LogP contribution in [0.25, 0.3) is 10.9 Å². The summed E-state index contributed by atoms with van der Waals surface area (Å²) in [4.78, 5) is 19.9. The maximum Gasteiger partial charge on any atom is 0.223 e. The lowest BCUT2D eigenvalue weighted by atomic mass is 9.93. The monoisotopic (exact) mass is 420 g/mol. The number of rotatable bonds is 5. The second-order valence-corrected chi connectivity index (χ2v) is 8.41. The number of nitrogens with one attached hydrogen (secondary N) is 1. The minimum atomic E-state index is -0.170. The van der Waals surface area contributed by atoms with E-state index < -0.39 is 0 Å². The van der Waals surface area contributed by atoms with Crippen LogP contribution in [0.15, 0.2) is 43.0 Å². The van der Waals surface area contributed by atoms with Crippen molar-refractivity contribution in [3.05, 3.63) is 43.0 Å². The van der Waals surface area contributed by atoms with Crippen molar-refractivity contribution in [2.24, 2.45) is 0 Å². The zero-order valence-electron chi connectivity index (χ0n) is 17.5. The van der Waals surface area contributed by atoms with Gasteiger partial charge in [-0.2, -0.15) is 0 Å². The summed E-state index contributed by atoms with van der Waals surface area (Å²) in [6.45, 7) is 1.81. The van der Waals surface area contributed by atoms with Gasteiger partial charge >= 0.3 is 0 Å².